The first-order valence-electron chi connectivity index (χ1n) is 8.65. The number of nitrogens with zero attached hydrogens (tertiary/aromatic N) is 3. The highest BCUT2D eigenvalue weighted by molar-refractivity contribution is 5.94. The summed E-state index contributed by atoms with van der Waals surface area (Å²) < 4.78 is 0. The molecule has 0 bridgehead atoms. The van der Waals surface area contributed by atoms with E-state index in [9.17, 15) is 14.7 Å². The zero-order chi connectivity index (χ0) is 18.0. The third kappa shape index (κ3) is 4.11. The fourth-order valence-corrected chi connectivity index (χ4v) is 3.59. The summed E-state index contributed by atoms with van der Waals surface area (Å²) in [6, 6.07) is 7.45. The first-order valence-corrected chi connectivity index (χ1v) is 8.65. The molecule has 0 radical (unpaired) electrons. The Balaban J connectivity index is 1.57. The predicted octanol–water partition coefficient (Wildman–Crippen LogP) is 0.284. The molecule has 1 atom stereocenters. The number of likely N-dealkylation sites (N-methyl/N-ethyl adjacent to an activating group) is 1. The van der Waals surface area contributed by atoms with Gasteiger partial charge in [-0.2, -0.15) is 0 Å². The van der Waals surface area contributed by atoms with E-state index in [1.54, 1.807) is 9.80 Å². The maximum Gasteiger partial charge on any atom is 0.321 e. The molecular weight excluding hydrogens is 320 g/mol. The zero-order valence-corrected chi connectivity index (χ0v) is 14.9. The van der Waals surface area contributed by atoms with Gasteiger partial charge in [-0.25, -0.2) is 4.79 Å². The van der Waals surface area contributed by atoms with Crippen molar-refractivity contribution in [1.82, 2.24) is 15.1 Å². The van der Waals surface area contributed by atoms with Crippen LogP contribution in [0.2, 0.25) is 0 Å². The number of likely N-dealkylation sites (tertiary alicyclic amines) is 1. The first-order chi connectivity index (χ1) is 11.9. The minimum absolute atomic E-state index is 0.0290. The molecule has 0 spiro atoms. The van der Waals surface area contributed by atoms with Gasteiger partial charge in [0.1, 0.15) is 0 Å². The molecule has 7 nitrogen and oxygen atoms in total. The molecule has 0 aliphatic carbocycles. The lowest BCUT2D eigenvalue weighted by atomic mass is 10.0. The van der Waals surface area contributed by atoms with Gasteiger partial charge in [0.15, 0.2) is 0 Å². The van der Waals surface area contributed by atoms with Crippen LogP contribution in [0.5, 0.6) is 0 Å². The molecule has 3 rings (SSSR count). The Kier molecular flexibility index (Phi) is 4.96. The molecule has 25 heavy (non-hydrogen) atoms. The number of rotatable bonds is 5. The number of anilines is 1. The number of urea groups is 1. The van der Waals surface area contributed by atoms with Crippen molar-refractivity contribution in [3.05, 3.63) is 29.8 Å². The summed E-state index contributed by atoms with van der Waals surface area (Å²) in [6.07, 6.45) is 0.921. The van der Waals surface area contributed by atoms with Crippen LogP contribution in [0.15, 0.2) is 24.3 Å². The van der Waals surface area contributed by atoms with Crippen LogP contribution in [0.25, 0.3) is 0 Å². The lowest BCUT2D eigenvalue weighted by molar-refractivity contribution is -0.130. The zero-order valence-electron chi connectivity index (χ0n) is 14.9. The van der Waals surface area contributed by atoms with Gasteiger partial charge in [-0.15, -0.1) is 0 Å². The summed E-state index contributed by atoms with van der Waals surface area (Å²) in [6.45, 7) is 2.86. The number of hydrogen-bond acceptors (Lipinski definition) is 4. The molecule has 136 valence electrons. The Morgan fingerprint density at radius 1 is 1.28 bits per heavy atom. The highest BCUT2D eigenvalue weighted by atomic mass is 16.3. The Morgan fingerprint density at radius 2 is 2.00 bits per heavy atom. The van der Waals surface area contributed by atoms with E-state index in [0.29, 0.717) is 45.6 Å². The van der Waals surface area contributed by atoms with Gasteiger partial charge in [0.25, 0.3) is 0 Å². The fraction of sp³-hybridized carbons (Fsp3) is 0.556. The van der Waals surface area contributed by atoms with Gasteiger partial charge in [-0.3, -0.25) is 9.69 Å². The monoisotopic (exact) mass is 346 g/mol. The number of amides is 3. The Morgan fingerprint density at radius 3 is 2.60 bits per heavy atom. The summed E-state index contributed by atoms with van der Waals surface area (Å²) in [4.78, 5) is 29.6. The third-order valence-electron chi connectivity index (χ3n) is 4.76. The molecule has 2 N–H and O–H groups in total. The van der Waals surface area contributed by atoms with Gasteiger partial charge in [0.05, 0.1) is 18.6 Å². The molecule has 2 aliphatic rings. The van der Waals surface area contributed by atoms with Crippen LogP contribution in [0.1, 0.15) is 12.0 Å². The molecule has 2 heterocycles. The average molecular weight is 346 g/mol. The van der Waals surface area contributed by atoms with Gasteiger partial charge in [0.2, 0.25) is 5.91 Å². The standard InChI is InChI=1S/C18H26N4O3/c1-20(2)12-18(25)7-9-21(13-18)16(23)11-14-3-5-15(6-4-14)22-10-8-19-17(22)24/h3-6,25H,7-13H2,1-2H3,(H,19,24). The number of β-amino-alcohol motifs (C(OH)–C–C–N with tert-alkyl or cyclic N) is 1. The Bertz CT molecular complexity index is 646. The summed E-state index contributed by atoms with van der Waals surface area (Å²) in [5, 5.41) is 13.3. The van der Waals surface area contributed by atoms with E-state index in [1.807, 2.05) is 43.3 Å². The van der Waals surface area contributed by atoms with Crippen LogP contribution >= 0.6 is 0 Å². The third-order valence-corrected chi connectivity index (χ3v) is 4.76. The molecule has 2 saturated heterocycles. The topological polar surface area (TPSA) is 76.1 Å². The lowest BCUT2D eigenvalue weighted by Gasteiger charge is -2.26. The lowest BCUT2D eigenvalue weighted by Crippen LogP contribution is -2.43. The molecule has 0 saturated carbocycles. The fourth-order valence-electron chi connectivity index (χ4n) is 3.59. The summed E-state index contributed by atoms with van der Waals surface area (Å²) in [5.41, 5.74) is 0.940. The summed E-state index contributed by atoms with van der Waals surface area (Å²) in [5.74, 6) is 0.0290. The predicted molar refractivity (Wildman–Crippen MR) is 95.6 cm³/mol. The van der Waals surface area contributed by atoms with Crippen LogP contribution < -0.4 is 10.2 Å². The number of nitrogens with one attached hydrogen (secondary N) is 1. The average Bonchev–Trinajstić information content (AvgIpc) is 3.13. The Hall–Kier alpha value is -2.12. The normalized spacial score (nSPS) is 23.4. The second kappa shape index (κ2) is 7.01. The van der Waals surface area contributed by atoms with Crippen molar-refractivity contribution in [2.75, 3.05) is 51.7 Å². The summed E-state index contributed by atoms with van der Waals surface area (Å²) in [7, 11) is 3.84. The maximum atomic E-state index is 12.5. The minimum atomic E-state index is -0.813. The van der Waals surface area contributed by atoms with Crippen molar-refractivity contribution >= 4 is 17.6 Å². The molecule has 2 aliphatic heterocycles. The smallest absolute Gasteiger partial charge is 0.321 e. The van der Waals surface area contributed by atoms with Gasteiger partial charge >= 0.3 is 6.03 Å². The molecule has 7 heteroatoms. The Labute approximate surface area is 148 Å². The van der Waals surface area contributed by atoms with Crippen molar-refractivity contribution in [3.63, 3.8) is 0 Å². The number of carbonyl (C=O) groups excluding carboxylic acids is 2. The number of carbonyl (C=O) groups is 2. The SMILES string of the molecule is CN(C)CC1(O)CCN(C(=O)Cc2ccc(N3CCNC3=O)cc2)C1. The molecule has 1 aromatic rings. The van der Waals surface area contributed by atoms with Gasteiger partial charge in [0, 0.05) is 31.9 Å². The maximum absolute atomic E-state index is 12.5. The van der Waals surface area contributed by atoms with Crippen molar-refractivity contribution in [3.8, 4) is 0 Å². The second-order valence-corrected chi connectivity index (χ2v) is 7.25. The van der Waals surface area contributed by atoms with E-state index < -0.39 is 5.60 Å². The van der Waals surface area contributed by atoms with E-state index >= 15 is 0 Å². The van der Waals surface area contributed by atoms with Gasteiger partial charge < -0.3 is 20.2 Å². The van der Waals surface area contributed by atoms with Crippen LogP contribution in [0, 0.1) is 0 Å². The number of aliphatic hydroxyl groups is 1. The summed E-state index contributed by atoms with van der Waals surface area (Å²) >= 11 is 0. The van der Waals surface area contributed by atoms with Crippen LogP contribution in [0.3, 0.4) is 0 Å². The number of hydrogen-bond donors (Lipinski definition) is 2. The van der Waals surface area contributed by atoms with Crippen LogP contribution in [-0.2, 0) is 11.2 Å². The van der Waals surface area contributed by atoms with E-state index in [0.717, 1.165) is 11.3 Å². The highest BCUT2D eigenvalue weighted by Gasteiger charge is 2.38. The van der Waals surface area contributed by atoms with Crippen molar-refractivity contribution in [1.29, 1.82) is 0 Å². The van der Waals surface area contributed by atoms with Crippen molar-refractivity contribution in [2.24, 2.45) is 0 Å². The van der Waals surface area contributed by atoms with E-state index in [2.05, 4.69) is 5.32 Å². The molecule has 1 unspecified atom stereocenters. The van der Waals surface area contributed by atoms with Gasteiger partial charge in [-0.05, 0) is 38.2 Å². The van der Waals surface area contributed by atoms with E-state index in [-0.39, 0.29) is 11.9 Å². The largest absolute Gasteiger partial charge is 0.387 e. The molecule has 3 amide bonds. The van der Waals surface area contributed by atoms with Gasteiger partial charge in [-0.1, -0.05) is 12.1 Å². The highest BCUT2D eigenvalue weighted by Crippen LogP contribution is 2.23. The van der Waals surface area contributed by atoms with Crippen molar-refractivity contribution in [2.45, 2.75) is 18.4 Å². The first kappa shape index (κ1) is 17.7. The van der Waals surface area contributed by atoms with Crippen LogP contribution in [0.4, 0.5) is 10.5 Å². The van der Waals surface area contributed by atoms with E-state index in [4.69, 9.17) is 0 Å². The van der Waals surface area contributed by atoms with Crippen LogP contribution in [-0.4, -0.2) is 79.3 Å². The van der Waals surface area contributed by atoms with Crippen molar-refractivity contribution < 1.29 is 14.7 Å². The van der Waals surface area contributed by atoms with E-state index in [1.165, 1.54) is 0 Å². The minimum Gasteiger partial charge on any atom is -0.387 e. The second-order valence-electron chi connectivity index (χ2n) is 7.25. The molecule has 2 fully saturated rings. The quantitative estimate of drug-likeness (QED) is 0.803. The molecule has 1 aromatic carbocycles. The number of benzene rings is 1. The molecule has 0 aromatic heterocycles. The molecular formula is C18H26N4O3.